The number of rotatable bonds is 1. The maximum Gasteiger partial charge on any atom is 0.352 e. The van der Waals surface area contributed by atoms with E-state index in [2.05, 4.69) is 4.98 Å². The Labute approximate surface area is 108 Å². The van der Waals surface area contributed by atoms with Gasteiger partial charge in [0.15, 0.2) is 5.15 Å². The van der Waals surface area contributed by atoms with Crippen LogP contribution < -0.4 is 16.7 Å². The van der Waals surface area contributed by atoms with E-state index in [0.717, 1.165) is 4.57 Å². The lowest BCUT2D eigenvalue weighted by atomic mass is 10.3. The smallest absolute Gasteiger partial charge is 0.325 e. The van der Waals surface area contributed by atoms with Crippen LogP contribution in [0.5, 0.6) is 0 Å². The van der Waals surface area contributed by atoms with Gasteiger partial charge >= 0.3 is 11.4 Å². The molecule has 2 rings (SSSR count). The second-order valence-corrected chi connectivity index (χ2v) is 4.18. The van der Waals surface area contributed by atoms with Crippen molar-refractivity contribution in [1.82, 2.24) is 14.1 Å². The van der Waals surface area contributed by atoms with E-state index in [9.17, 15) is 24.5 Å². The molecule has 0 radical (unpaired) electrons. The van der Waals surface area contributed by atoms with E-state index in [-0.39, 0.29) is 5.65 Å². The van der Waals surface area contributed by atoms with Crippen molar-refractivity contribution in [2.24, 2.45) is 14.1 Å². The van der Waals surface area contributed by atoms with Gasteiger partial charge in [-0.05, 0) is 0 Å². The Balaban J connectivity index is 3.26. The number of pyridine rings is 1. The molecule has 2 aromatic rings. The van der Waals surface area contributed by atoms with E-state index < -0.39 is 37.8 Å². The zero-order valence-electron chi connectivity index (χ0n) is 9.76. The third-order valence-corrected chi connectivity index (χ3v) is 3.00. The van der Waals surface area contributed by atoms with Gasteiger partial charge in [-0.2, -0.15) is 0 Å². The van der Waals surface area contributed by atoms with Crippen molar-refractivity contribution >= 4 is 28.3 Å². The van der Waals surface area contributed by atoms with Crippen LogP contribution in [-0.4, -0.2) is 19.0 Å². The largest absolute Gasteiger partial charge is 0.352 e. The van der Waals surface area contributed by atoms with Crippen LogP contribution in [0, 0.1) is 10.1 Å². The fourth-order valence-corrected chi connectivity index (χ4v) is 1.98. The predicted molar refractivity (Wildman–Crippen MR) is 66.7 cm³/mol. The van der Waals surface area contributed by atoms with E-state index in [0.29, 0.717) is 4.57 Å². The Morgan fingerprint density at radius 3 is 2.32 bits per heavy atom. The topological polar surface area (TPSA) is 120 Å². The number of nitrogens with one attached hydrogen (secondary N) is 1. The Bertz CT molecular complexity index is 891. The van der Waals surface area contributed by atoms with E-state index in [4.69, 9.17) is 11.6 Å². The first-order valence-electron chi connectivity index (χ1n) is 4.93. The number of aromatic nitrogens is 3. The van der Waals surface area contributed by atoms with Gasteiger partial charge in [-0.1, -0.05) is 11.6 Å². The lowest BCUT2D eigenvalue weighted by molar-refractivity contribution is -0.386. The minimum Gasteiger partial charge on any atom is -0.325 e. The third-order valence-electron chi connectivity index (χ3n) is 2.73. The summed E-state index contributed by atoms with van der Waals surface area (Å²) in [5.41, 5.74) is -3.81. The van der Waals surface area contributed by atoms with Crippen LogP contribution in [0.2, 0.25) is 5.15 Å². The Morgan fingerprint density at radius 1 is 1.21 bits per heavy atom. The van der Waals surface area contributed by atoms with Crippen LogP contribution in [0.3, 0.4) is 0 Å². The number of aryl methyl sites for hydroxylation is 1. The molecule has 0 amide bonds. The molecule has 0 saturated heterocycles. The number of hydrogen-bond acceptors (Lipinski definition) is 5. The molecule has 19 heavy (non-hydrogen) atoms. The highest BCUT2D eigenvalue weighted by atomic mass is 35.5. The van der Waals surface area contributed by atoms with Gasteiger partial charge in [0.1, 0.15) is 11.0 Å². The van der Waals surface area contributed by atoms with Crippen molar-refractivity contribution in [2.75, 3.05) is 0 Å². The molecule has 0 atom stereocenters. The summed E-state index contributed by atoms with van der Waals surface area (Å²) in [6.45, 7) is 0. The van der Waals surface area contributed by atoms with E-state index >= 15 is 0 Å². The molecule has 0 aliphatic heterocycles. The zero-order valence-corrected chi connectivity index (χ0v) is 10.5. The first-order valence-corrected chi connectivity index (χ1v) is 5.31. The molecular formula is C9H7ClN4O5. The Kier molecular flexibility index (Phi) is 2.78. The van der Waals surface area contributed by atoms with Crippen molar-refractivity contribution in [1.29, 1.82) is 0 Å². The Morgan fingerprint density at radius 2 is 1.79 bits per heavy atom. The maximum absolute atomic E-state index is 12.0. The zero-order chi connectivity index (χ0) is 14.5. The molecule has 0 bridgehead atoms. The molecule has 10 heteroatoms. The number of nitrogens with zero attached hydrogens (tertiary/aromatic N) is 3. The second kappa shape index (κ2) is 4.05. The van der Waals surface area contributed by atoms with Crippen molar-refractivity contribution < 1.29 is 4.92 Å². The van der Waals surface area contributed by atoms with Crippen LogP contribution in [0.1, 0.15) is 0 Å². The lowest BCUT2D eigenvalue weighted by Gasteiger charge is -2.07. The standard InChI is InChI=1S/C9H7ClN4O5/c1-12-7-3(8(16)13(2)9(12)17)5(15)4(14(18)19)6(10)11-7/h1-2H3,(H,11,15). The summed E-state index contributed by atoms with van der Waals surface area (Å²) < 4.78 is 1.67. The summed E-state index contributed by atoms with van der Waals surface area (Å²) in [5, 5.41) is 9.74. The molecule has 2 heterocycles. The van der Waals surface area contributed by atoms with Gasteiger partial charge in [0.2, 0.25) is 0 Å². The summed E-state index contributed by atoms with van der Waals surface area (Å²) in [6.07, 6.45) is 0. The highest BCUT2D eigenvalue weighted by Gasteiger charge is 2.24. The molecule has 1 N–H and O–H groups in total. The third kappa shape index (κ3) is 1.66. The van der Waals surface area contributed by atoms with Gasteiger partial charge in [0.05, 0.1) is 4.92 Å². The average Bonchev–Trinajstić information content (AvgIpc) is 2.32. The SMILES string of the molecule is Cn1c(=O)c2c(=O)c([N+](=O)[O-])c(Cl)[nH]c2n(C)c1=O. The first-order chi connectivity index (χ1) is 8.77. The molecule has 0 aromatic carbocycles. The van der Waals surface area contributed by atoms with Gasteiger partial charge in [-0.15, -0.1) is 0 Å². The van der Waals surface area contributed by atoms with Crippen molar-refractivity contribution in [2.45, 2.75) is 0 Å². The van der Waals surface area contributed by atoms with Crippen molar-refractivity contribution in [3.63, 3.8) is 0 Å². The summed E-state index contributed by atoms with van der Waals surface area (Å²) in [7, 11) is 2.48. The van der Waals surface area contributed by atoms with Crippen molar-refractivity contribution in [3.8, 4) is 0 Å². The molecule has 0 aliphatic rings. The van der Waals surface area contributed by atoms with Crippen molar-refractivity contribution in [3.05, 3.63) is 46.3 Å². The van der Waals surface area contributed by atoms with Crippen LogP contribution in [-0.2, 0) is 14.1 Å². The molecule has 9 nitrogen and oxygen atoms in total. The van der Waals surface area contributed by atoms with Gasteiger partial charge in [-0.25, -0.2) is 4.79 Å². The number of aromatic amines is 1. The quantitative estimate of drug-likeness (QED) is 0.430. The summed E-state index contributed by atoms with van der Waals surface area (Å²) >= 11 is 5.60. The van der Waals surface area contributed by atoms with Gasteiger partial charge < -0.3 is 4.98 Å². The molecule has 0 aliphatic carbocycles. The highest BCUT2D eigenvalue weighted by molar-refractivity contribution is 6.31. The average molecular weight is 287 g/mol. The number of H-pyrrole nitrogens is 1. The van der Waals surface area contributed by atoms with Crippen LogP contribution >= 0.6 is 11.6 Å². The predicted octanol–water partition coefficient (Wildman–Crippen LogP) is -0.513. The molecule has 100 valence electrons. The normalized spacial score (nSPS) is 10.9. The molecule has 2 aromatic heterocycles. The fourth-order valence-electron chi connectivity index (χ4n) is 1.74. The fraction of sp³-hybridized carbons (Fsp3) is 0.222. The van der Waals surface area contributed by atoms with Gasteiger partial charge in [0.25, 0.3) is 11.0 Å². The van der Waals surface area contributed by atoms with E-state index in [1.54, 1.807) is 0 Å². The number of nitro groups is 1. The summed E-state index contributed by atoms with van der Waals surface area (Å²) in [5.74, 6) is 0. The first kappa shape index (κ1) is 13.0. The second-order valence-electron chi connectivity index (χ2n) is 3.80. The van der Waals surface area contributed by atoms with E-state index in [1.807, 2.05) is 0 Å². The number of hydrogen-bond donors (Lipinski definition) is 1. The lowest BCUT2D eigenvalue weighted by Crippen LogP contribution is -2.39. The van der Waals surface area contributed by atoms with E-state index in [1.165, 1.54) is 14.1 Å². The van der Waals surface area contributed by atoms with Crippen LogP contribution in [0.4, 0.5) is 5.69 Å². The maximum atomic E-state index is 12.0. The summed E-state index contributed by atoms with van der Waals surface area (Å²) in [4.78, 5) is 47.6. The van der Waals surface area contributed by atoms with Crippen LogP contribution in [0.15, 0.2) is 14.4 Å². The minimum absolute atomic E-state index is 0.159. The molecule has 0 fully saturated rings. The van der Waals surface area contributed by atoms with Gasteiger partial charge in [0, 0.05) is 14.1 Å². The summed E-state index contributed by atoms with van der Waals surface area (Å²) in [6, 6.07) is 0. The van der Waals surface area contributed by atoms with Gasteiger partial charge in [-0.3, -0.25) is 28.8 Å². The molecule has 0 saturated carbocycles. The minimum atomic E-state index is -1.13. The number of halogens is 1. The molecule has 0 spiro atoms. The number of fused-ring (bicyclic) bond motifs is 1. The van der Waals surface area contributed by atoms with Crippen LogP contribution in [0.25, 0.3) is 11.0 Å². The molecule has 0 unspecified atom stereocenters. The molecular weight excluding hydrogens is 280 g/mol. The monoisotopic (exact) mass is 286 g/mol. The Hall–Kier alpha value is -2.42. The highest BCUT2D eigenvalue weighted by Crippen LogP contribution is 2.18.